The molecule has 0 unspecified atom stereocenters. The van der Waals surface area contributed by atoms with Crippen LogP contribution in [0, 0.1) is 0 Å². The minimum atomic E-state index is -0.0507. The van der Waals surface area contributed by atoms with E-state index >= 15 is 0 Å². The van der Waals surface area contributed by atoms with Gasteiger partial charge in [-0.1, -0.05) is 6.92 Å². The number of carbonyl (C=O) groups is 1. The molecule has 0 atom stereocenters. The quantitative estimate of drug-likeness (QED) is 0.667. The number of benzene rings is 1. The van der Waals surface area contributed by atoms with E-state index in [2.05, 4.69) is 25.9 Å². The highest BCUT2D eigenvalue weighted by atomic mass is 16.1. The zero-order valence-corrected chi connectivity index (χ0v) is 14.0. The Morgan fingerprint density at radius 3 is 2.96 bits per heavy atom. The second-order valence-corrected chi connectivity index (χ2v) is 6.02. The Balaban J connectivity index is 1.59. The molecule has 3 N–H and O–H groups in total. The first-order valence-electron chi connectivity index (χ1n) is 8.51. The average Bonchev–Trinajstić information content (AvgIpc) is 3.29. The van der Waals surface area contributed by atoms with E-state index in [0.717, 1.165) is 42.1 Å². The molecule has 3 heterocycles. The molecule has 128 valence electrons. The maximum Gasteiger partial charge on any atom is 0.251 e. The monoisotopic (exact) mass is 336 g/mol. The van der Waals surface area contributed by atoms with Gasteiger partial charge in [0.1, 0.15) is 11.5 Å². The molecule has 0 fully saturated rings. The summed E-state index contributed by atoms with van der Waals surface area (Å²) in [7, 11) is 0. The van der Waals surface area contributed by atoms with E-state index in [9.17, 15) is 4.79 Å². The molecule has 1 aromatic carbocycles. The van der Waals surface area contributed by atoms with Crippen LogP contribution in [0.4, 0.5) is 17.5 Å². The van der Waals surface area contributed by atoms with Crippen LogP contribution < -0.4 is 16.0 Å². The number of anilines is 3. The number of rotatable bonds is 5. The Bertz CT molecular complexity index is 915. The lowest BCUT2D eigenvalue weighted by molar-refractivity contribution is 0.0953. The SMILES string of the molecule is CCCNC(=O)c1ccc(Nc2nc3c(c4nccn24)CCN3)cc1. The van der Waals surface area contributed by atoms with E-state index in [1.807, 2.05) is 41.8 Å². The minimum absolute atomic E-state index is 0.0507. The van der Waals surface area contributed by atoms with Gasteiger partial charge >= 0.3 is 0 Å². The highest BCUT2D eigenvalue weighted by molar-refractivity contribution is 5.94. The highest BCUT2D eigenvalue weighted by Gasteiger charge is 2.19. The van der Waals surface area contributed by atoms with Crippen molar-refractivity contribution in [2.45, 2.75) is 19.8 Å². The van der Waals surface area contributed by atoms with Crippen LogP contribution in [0.2, 0.25) is 0 Å². The second-order valence-electron chi connectivity index (χ2n) is 6.02. The molecule has 0 spiro atoms. The molecular weight excluding hydrogens is 316 g/mol. The number of carbonyl (C=O) groups excluding carboxylic acids is 1. The predicted octanol–water partition coefficient (Wildman–Crippen LogP) is 2.58. The molecule has 7 heteroatoms. The number of hydrogen-bond acceptors (Lipinski definition) is 5. The van der Waals surface area contributed by atoms with Gasteiger partial charge in [-0.3, -0.25) is 9.20 Å². The summed E-state index contributed by atoms with van der Waals surface area (Å²) < 4.78 is 1.95. The number of hydrogen-bond donors (Lipinski definition) is 3. The van der Waals surface area contributed by atoms with Crippen molar-refractivity contribution < 1.29 is 4.79 Å². The van der Waals surface area contributed by atoms with Crippen LogP contribution in [0.1, 0.15) is 29.3 Å². The number of nitrogens with zero attached hydrogens (tertiary/aromatic N) is 3. The Morgan fingerprint density at radius 2 is 2.16 bits per heavy atom. The smallest absolute Gasteiger partial charge is 0.251 e. The van der Waals surface area contributed by atoms with Crippen LogP contribution in [0.3, 0.4) is 0 Å². The fourth-order valence-electron chi connectivity index (χ4n) is 2.98. The molecule has 4 rings (SSSR count). The third-order valence-electron chi connectivity index (χ3n) is 4.25. The van der Waals surface area contributed by atoms with Crippen LogP contribution in [-0.2, 0) is 6.42 Å². The third-order valence-corrected chi connectivity index (χ3v) is 4.25. The van der Waals surface area contributed by atoms with E-state index in [-0.39, 0.29) is 5.91 Å². The van der Waals surface area contributed by atoms with Gasteiger partial charge in [0.15, 0.2) is 0 Å². The Hall–Kier alpha value is -3.09. The lowest BCUT2D eigenvalue weighted by Crippen LogP contribution is -2.23. The maximum atomic E-state index is 12.0. The van der Waals surface area contributed by atoms with E-state index in [1.54, 1.807) is 6.20 Å². The van der Waals surface area contributed by atoms with E-state index < -0.39 is 0 Å². The average molecular weight is 336 g/mol. The van der Waals surface area contributed by atoms with Crippen molar-refractivity contribution in [2.75, 3.05) is 23.7 Å². The molecule has 25 heavy (non-hydrogen) atoms. The predicted molar refractivity (Wildman–Crippen MR) is 97.5 cm³/mol. The van der Waals surface area contributed by atoms with Gasteiger partial charge in [0.25, 0.3) is 5.91 Å². The molecule has 0 bridgehead atoms. The molecule has 0 saturated carbocycles. The van der Waals surface area contributed by atoms with Gasteiger partial charge < -0.3 is 16.0 Å². The lowest BCUT2D eigenvalue weighted by Gasteiger charge is -2.11. The molecule has 2 aromatic heterocycles. The summed E-state index contributed by atoms with van der Waals surface area (Å²) in [4.78, 5) is 21.1. The van der Waals surface area contributed by atoms with Gasteiger partial charge in [-0.05, 0) is 37.1 Å². The van der Waals surface area contributed by atoms with Crippen molar-refractivity contribution in [3.05, 3.63) is 47.8 Å². The van der Waals surface area contributed by atoms with E-state index in [0.29, 0.717) is 18.1 Å². The van der Waals surface area contributed by atoms with Crippen molar-refractivity contribution in [2.24, 2.45) is 0 Å². The summed E-state index contributed by atoms with van der Waals surface area (Å²) in [5.41, 5.74) is 3.59. The van der Waals surface area contributed by atoms with Crippen LogP contribution in [0.25, 0.3) is 5.65 Å². The van der Waals surface area contributed by atoms with Crippen molar-refractivity contribution in [1.29, 1.82) is 0 Å². The van der Waals surface area contributed by atoms with Crippen molar-refractivity contribution in [3.63, 3.8) is 0 Å². The summed E-state index contributed by atoms with van der Waals surface area (Å²) in [5.74, 6) is 1.53. The molecule has 3 aromatic rings. The normalized spacial score (nSPS) is 12.7. The number of imidazole rings is 1. The number of nitrogens with one attached hydrogen (secondary N) is 3. The summed E-state index contributed by atoms with van der Waals surface area (Å²) >= 11 is 0. The van der Waals surface area contributed by atoms with Gasteiger partial charge in [-0.2, -0.15) is 4.98 Å². The Kier molecular flexibility index (Phi) is 3.97. The molecular formula is C18H20N6O. The highest BCUT2D eigenvalue weighted by Crippen LogP contribution is 2.27. The summed E-state index contributed by atoms with van der Waals surface area (Å²) in [6.07, 6.45) is 5.53. The molecule has 7 nitrogen and oxygen atoms in total. The topological polar surface area (TPSA) is 83.3 Å². The number of fused-ring (bicyclic) bond motifs is 3. The summed E-state index contributed by atoms with van der Waals surface area (Å²) in [5, 5.41) is 9.48. The van der Waals surface area contributed by atoms with Crippen molar-refractivity contribution in [1.82, 2.24) is 19.7 Å². The fourth-order valence-corrected chi connectivity index (χ4v) is 2.98. The fraction of sp³-hybridized carbons (Fsp3) is 0.278. The van der Waals surface area contributed by atoms with Gasteiger partial charge in [-0.15, -0.1) is 0 Å². The number of aromatic nitrogens is 3. The third kappa shape index (κ3) is 2.88. The standard InChI is InChI=1S/C18H20N6O/c1-2-8-21-17(25)12-3-5-13(6-4-12)22-18-23-15-14(7-9-19-15)16-20-10-11-24(16)18/h3-6,10-11,19H,2,7-9H2,1H3,(H,21,25)(H,22,23). The van der Waals surface area contributed by atoms with Gasteiger partial charge in [0, 0.05) is 42.3 Å². The van der Waals surface area contributed by atoms with E-state index in [4.69, 9.17) is 0 Å². The Morgan fingerprint density at radius 1 is 1.32 bits per heavy atom. The Labute approximate surface area is 145 Å². The van der Waals surface area contributed by atoms with E-state index in [1.165, 1.54) is 0 Å². The van der Waals surface area contributed by atoms with Crippen LogP contribution >= 0.6 is 0 Å². The van der Waals surface area contributed by atoms with Crippen LogP contribution in [-0.4, -0.2) is 33.4 Å². The van der Waals surface area contributed by atoms with Crippen LogP contribution in [0.15, 0.2) is 36.7 Å². The lowest BCUT2D eigenvalue weighted by atomic mass is 10.2. The van der Waals surface area contributed by atoms with Crippen molar-refractivity contribution >= 4 is 29.0 Å². The number of amides is 1. The first-order valence-corrected chi connectivity index (χ1v) is 8.51. The maximum absolute atomic E-state index is 12.0. The molecule has 1 aliphatic rings. The van der Waals surface area contributed by atoms with Crippen molar-refractivity contribution in [3.8, 4) is 0 Å². The van der Waals surface area contributed by atoms with Gasteiger partial charge in [0.2, 0.25) is 5.95 Å². The summed E-state index contributed by atoms with van der Waals surface area (Å²) in [6, 6.07) is 7.38. The van der Waals surface area contributed by atoms with Crippen LogP contribution in [0.5, 0.6) is 0 Å². The minimum Gasteiger partial charge on any atom is -0.369 e. The van der Waals surface area contributed by atoms with Gasteiger partial charge in [0.05, 0.1) is 0 Å². The first-order chi connectivity index (χ1) is 12.3. The summed E-state index contributed by atoms with van der Waals surface area (Å²) in [6.45, 7) is 3.60. The second kappa shape index (κ2) is 6.43. The molecule has 0 saturated heterocycles. The zero-order chi connectivity index (χ0) is 17.2. The largest absolute Gasteiger partial charge is 0.369 e. The van der Waals surface area contributed by atoms with Gasteiger partial charge in [-0.25, -0.2) is 4.98 Å². The molecule has 0 aliphatic carbocycles. The molecule has 1 amide bonds. The molecule has 1 aliphatic heterocycles. The zero-order valence-electron chi connectivity index (χ0n) is 14.0. The molecule has 0 radical (unpaired) electrons. The first kappa shape index (κ1) is 15.4.